The highest BCUT2D eigenvalue weighted by molar-refractivity contribution is 5.74. The standard InChI is InChI=1S/C8H15NO3/c1-8(2,3)12-7(10)6-4-9(11)5-6/h6,11H,4-5H2,1-3H3. The maximum Gasteiger partial charge on any atom is 0.312 e. The lowest BCUT2D eigenvalue weighted by molar-refractivity contribution is -0.198. The summed E-state index contributed by atoms with van der Waals surface area (Å²) in [6, 6.07) is 0. The Morgan fingerprint density at radius 1 is 1.50 bits per heavy atom. The summed E-state index contributed by atoms with van der Waals surface area (Å²) in [5, 5.41) is 9.90. The molecule has 0 aromatic carbocycles. The number of esters is 1. The third kappa shape index (κ3) is 2.46. The quantitative estimate of drug-likeness (QED) is 0.591. The van der Waals surface area contributed by atoms with Crippen molar-refractivity contribution >= 4 is 5.97 Å². The molecule has 1 aliphatic heterocycles. The summed E-state index contributed by atoms with van der Waals surface area (Å²) in [5.41, 5.74) is -0.424. The van der Waals surface area contributed by atoms with E-state index in [0.29, 0.717) is 13.1 Å². The zero-order chi connectivity index (χ0) is 9.35. The van der Waals surface area contributed by atoms with E-state index in [1.807, 2.05) is 20.8 Å². The van der Waals surface area contributed by atoms with E-state index in [1.165, 1.54) is 0 Å². The van der Waals surface area contributed by atoms with Crippen molar-refractivity contribution in [2.24, 2.45) is 5.92 Å². The van der Waals surface area contributed by atoms with Crippen LogP contribution in [0.5, 0.6) is 0 Å². The predicted octanol–water partition coefficient (Wildman–Crippen LogP) is 0.649. The maximum atomic E-state index is 11.2. The monoisotopic (exact) mass is 173 g/mol. The molecule has 70 valence electrons. The average molecular weight is 173 g/mol. The van der Waals surface area contributed by atoms with Crippen molar-refractivity contribution < 1.29 is 14.7 Å². The van der Waals surface area contributed by atoms with Crippen molar-refractivity contribution in [3.63, 3.8) is 0 Å². The molecule has 4 nitrogen and oxygen atoms in total. The molecular weight excluding hydrogens is 158 g/mol. The molecular formula is C8H15NO3. The average Bonchev–Trinajstić information content (AvgIpc) is 1.76. The van der Waals surface area contributed by atoms with Crippen molar-refractivity contribution in [1.82, 2.24) is 5.06 Å². The Balaban J connectivity index is 2.30. The molecule has 0 saturated carbocycles. The minimum absolute atomic E-state index is 0.144. The zero-order valence-corrected chi connectivity index (χ0v) is 7.70. The Hall–Kier alpha value is -0.610. The van der Waals surface area contributed by atoms with Crippen LogP contribution in [-0.2, 0) is 9.53 Å². The molecule has 1 N–H and O–H groups in total. The van der Waals surface area contributed by atoms with Gasteiger partial charge in [-0.2, -0.15) is 5.06 Å². The van der Waals surface area contributed by atoms with Crippen LogP contribution in [0.2, 0.25) is 0 Å². The molecule has 1 aliphatic rings. The number of nitrogens with zero attached hydrogens (tertiary/aromatic N) is 1. The van der Waals surface area contributed by atoms with Gasteiger partial charge in [-0.15, -0.1) is 0 Å². The number of hydroxylamine groups is 2. The number of rotatable bonds is 1. The zero-order valence-electron chi connectivity index (χ0n) is 7.70. The number of ether oxygens (including phenoxy) is 1. The molecule has 1 heterocycles. The van der Waals surface area contributed by atoms with E-state index in [9.17, 15) is 4.79 Å². The first-order chi connectivity index (χ1) is 5.38. The fourth-order valence-corrected chi connectivity index (χ4v) is 0.989. The van der Waals surface area contributed by atoms with Crippen LogP contribution in [0.15, 0.2) is 0 Å². The van der Waals surface area contributed by atoms with Crippen molar-refractivity contribution in [2.75, 3.05) is 13.1 Å². The van der Waals surface area contributed by atoms with Gasteiger partial charge in [0.15, 0.2) is 0 Å². The molecule has 1 rings (SSSR count). The maximum absolute atomic E-state index is 11.2. The minimum Gasteiger partial charge on any atom is -0.460 e. The molecule has 1 saturated heterocycles. The van der Waals surface area contributed by atoms with Gasteiger partial charge in [-0.05, 0) is 20.8 Å². The van der Waals surface area contributed by atoms with Gasteiger partial charge in [0.05, 0.1) is 5.92 Å². The first-order valence-corrected chi connectivity index (χ1v) is 4.05. The molecule has 0 aromatic rings. The summed E-state index contributed by atoms with van der Waals surface area (Å²) in [4.78, 5) is 11.2. The molecule has 0 amide bonds. The van der Waals surface area contributed by atoms with E-state index in [-0.39, 0.29) is 11.9 Å². The van der Waals surface area contributed by atoms with E-state index >= 15 is 0 Å². The molecule has 0 unspecified atom stereocenters. The van der Waals surface area contributed by atoms with Gasteiger partial charge in [-0.3, -0.25) is 4.79 Å². The van der Waals surface area contributed by atoms with Gasteiger partial charge in [0.25, 0.3) is 0 Å². The van der Waals surface area contributed by atoms with E-state index in [1.54, 1.807) is 0 Å². The lowest BCUT2D eigenvalue weighted by Crippen LogP contribution is -2.50. The van der Waals surface area contributed by atoms with Crippen LogP contribution >= 0.6 is 0 Å². The summed E-state index contributed by atoms with van der Waals surface area (Å²) in [7, 11) is 0. The lowest BCUT2D eigenvalue weighted by atomic mass is 10.0. The summed E-state index contributed by atoms with van der Waals surface area (Å²) in [6.45, 7) is 6.30. The summed E-state index contributed by atoms with van der Waals surface area (Å²) < 4.78 is 5.11. The van der Waals surface area contributed by atoms with Crippen molar-refractivity contribution in [3.05, 3.63) is 0 Å². The summed E-state index contributed by atoms with van der Waals surface area (Å²) in [6.07, 6.45) is 0. The topological polar surface area (TPSA) is 49.8 Å². The SMILES string of the molecule is CC(C)(C)OC(=O)C1CN(O)C1. The Morgan fingerprint density at radius 3 is 2.33 bits per heavy atom. The van der Waals surface area contributed by atoms with E-state index in [0.717, 1.165) is 5.06 Å². The Bertz CT molecular complexity index is 179. The van der Waals surface area contributed by atoms with Crippen molar-refractivity contribution in [3.8, 4) is 0 Å². The van der Waals surface area contributed by atoms with Gasteiger partial charge < -0.3 is 9.94 Å². The Morgan fingerprint density at radius 2 is 2.00 bits per heavy atom. The molecule has 0 atom stereocenters. The number of hydrogen-bond donors (Lipinski definition) is 1. The third-order valence-electron chi connectivity index (χ3n) is 1.60. The van der Waals surface area contributed by atoms with Gasteiger partial charge in [0.2, 0.25) is 0 Å². The van der Waals surface area contributed by atoms with E-state index in [2.05, 4.69) is 0 Å². The highest BCUT2D eigenvalue weighted by Crippen LogP contribution is 2.18. The molecule has 0 spiro atoms. The summed E-state index contributed by atoms with van der Waals surface area (Å²) >= 11 is 0. The second kappa shape index (κ2) is 3.03. The largest absolute Gasteiger partial charge is 0.460 e. The first-order valence-electron chi connectivity index (χ1n) is 4.05. The Kier molecular flexibility index (Phi) is 2.39. The fraction of sp³-hybridized carbons (Fsp3) is 0.875. The lowest BCUT2D eigenvalue weighted by Gasteiger charge is -2.34. The van der Waals surface area contributed by atoms with Gasteiger partial charge in [0, 0.05) is 13.1 Å². The van der Waals surface area contributed by atoms with Crippen LogP contribution in [0.3, 0.4) is 0 Å². The normalized spacial score (nSPS) is 20.3. The van der Waals surface area contributed by atoms with Gasteiger partial charge in [-0.25, -0.2) is 0 Å². The fourth-order valence-electron chi connectivity index (χ4n) is 0.989. The molecule has 4 heteroatoms. The molecule has 0 aromatic heterocycles. The number of hydrogen-bond acceptors (Lipinski definition) is 4. The van der Waals surface area contributed by atoms with Crippen LogP contribution in [0.1, 0.15) is 20.8 Å². The van der Waals surface area contributed by atoms with Crippen molar-refractivity contribution in [1.29, 1.82) is 0 Å². The van der Waals surface area contributed by atoms with Gasteiger partial charge in [0.1, 0.15) is 5.60 Å². The smallest absolute Gasteiger partial charge is 0.312 e. The van der Waals surface area contributed by atoms with Crippen LogP contribution in [-0.4, -0.2) is 34.9 Å². The van der Waals surface area contributed by atoms with Crippen molar-refractivity contribution in [2.45, 2.75) is 26.4 Å². The number of carbonyl (C=O) groups is 1. The van der Waals surface area contributed by atoms with Crippen LogP contribution < -0.4 is 0 Å². The molecule has 1 fully saturated rings. The minimum atomic E-state index is -0.424. The first kappa shape index (κ1) is 9.48. The predicted molar refractivity (Wildman–Crippen MR) is 42.7 cm³/mol. The number of carbonyl (C=O) groups excluding carboxylic acids is 1. The molecule has 0 bridgehead atoms. The van der Waals surface area contributed by atoms with Crippen LogP contribution in [0.25, 0.3) is 0 Å². The Labute approximate surface area is 72.1 Å². The molecule has 0 radical (unpaired) electrons. The second-order valence-electron chi connectivity index (χ2n) is 4.10. The molecule has 12 heavy (non-hydrogen) atoms. The highest BCUT2D eigenvalue weighted by atomic mass is 16.6. The van der Waals surface area contributed by atoms with Crippen LogP contribution in [0, 0.1) is 5.92 Å². The van der Waals surface area contributed by atoms with Crippen LogP contribution in [0.4, 0.5) is 0 Å². The van der Waals surface area contributed by atoms with Gasteiger partial charge in [-0.1, -0.05) is 0 Å². The third-order valence-corrected chi connectivity index (χ3v) is 1.60. The summed E-state index contributed by atoms with van der Waals surface area (Å²) in [5.74, 6) is -0.359. The van der Waals surface area contributed by atoms with E-state index in [4.69, 9.17) is 9.94 Å². The van der Waals surface area contributed by atoms with Gasteiger partial charge >= 0.3 is 5.97 Å². The van der Waals surface area contributed by atoms with E-state index < -0.39 is 5.60 Å². The molecule has 0 aliphatic carbocycles. The highest BCUT2D eigenvalue weighted by Gasteiger charge is 2.34. The second-order valence-corrected chi connectivity index (χ2v) is 4.10.